The summed E-state index contributed by atoms with van der Waals surface area (Å²) in [5, 5.41) is 6.74. The molecule has 0 saturated heterocycles. The number of carbonyl (C=O) groups excluding carboxylic acids is 1. The van der Waals surface area contributed by atoms with Crippen LogP contribution in [0.5, 0.6) is 0 Å². The molecule has 0 aliphatic carbocycles. The van der Waals surface area contributed by atoms with E-state index in [1.807, 2.05) is 6.92 Å². The van der Waals surface area contributed by atoms with Gasteiger partial charge in [-0.1, -0.05) is 11.6 Å². The molecule has 1 amide bonds. The lowest BCUT2D eigenvalue weighted by Gasteiger charge is -2.06. The van der Waals surface area contributed by atoms with E-state index in [4.69, 9.17) is 17.3 Å². The van der Waals surface area contributed by atoms with Crippen molar-refractivity contribution < 1.29 is 4.79 Å². The first-order valence-electron chi connectivity index (χ1n) is 5.23. The molecule has 8 heteroatoms. The molecule has 0 radical (unpaired) electrons. The minimum Gasteiger partial charge on any atom is -0.396 e. The zero-order valence-electron chi connectivity index (χ0n) is 9.59. The van der Waals surface area contributed by atoms with Crippen molar-refractivity contribution in [3.63, 3.8) is 0 Å². The molecule has 2 aromatic rings. The topological polar surface area (TPSA) is 98.7 Å². The van der Waals surface area contributed by atoms with Gasteiger partial charge in [-0.25, -0.2) is 9.97 Å². The van der Waals surface area contributed by atoms with Gasteiger partial charge in [-0.2, -0.15) is 5.10 Å². The molecular weight excluding hydrogens is 256 g/mol. The molecule has 0 aliphatic rings. The molecule has 0 saturated carbocycles. The Hall–Kier alpha value is -2.15. The van der Waals surface area contributed by atoms with Crippen molar-refractivity contribution in [1.29, 1.82) is 0 Å². The molecular formula is C10H11ClN6O. The van der Waals surface area contributed by atoms with E-state index in [2.05, 4.69) is 20.4 Å². The highest BCUT2D eigenvalue weighted by molar-refractivity contribution is 6.29. The molecule has 2 heterocycles. The van der Waals surface area contributed by atoms with Crippen LogP contribution in [0.25, 0.3) is 0 Å². The number of halogens is 1. The maximum absolute atomic E-state index is 12.0. The number of aryl methyl sites for hydroxylation is 1. The van der Waals surface area contributed by atoms with E-state index in [1.54, 1.807) is 0 Å². The summed E-state index contributed by atoms with van der Waals surface area (Å²) in [4.78, 5) is 19.7. The van der Waals surface area contributed by atoms with Crippen molar-refractivity contribution in [3.05, 3.63) is 29.3 Å². The second-order valence-corrected chi connectivity index (χ2v) is 3.81. The van der Waals surface area contributed by atoms with Crippen LogP contribution in [0, 0.1) is 0 Å². The average Bonchev–Trinajstić information content (AvgIpc) is 2.70. The molecule has 0 aliphatic heterocycles. The fourth-order valence-corrected chi connectivity index (χ4v) is 1.58. The lowest BCUT2D eigenvalue weighted by atomic mass is 10.3. The highest BCUT2D eigenvalue weighted by Gasteiger charge is 2.17. The quantitative estimate of drug-likeness (QED) is 0.813. The number of hydrogen-bond acceptors (Lipinski definition) is 5. The van der Waals surface area contributed by atoms with Gasteiger partial charge in [0.1, 0.15) is 10.8 Å². The third kappa shape index (κ3) is 2.40. The van der Waals surface area contributed by atoms with Gasteiger partial charge in [0.25, 0.3) is 5.91 Å². The molecule has 94 valence electrons. The van der Waals surface area contributed by atoms with Crippen LogP contribution in [0.1, 0.15) is 17.4 Å². The van der Waals surface area contributed by atoms with Gasteiger partial charge in [0.15, 0.2) is 0 Å². The summed E-state index contributed by atoms with van der Waals surface area (Å²) < 4.78 is 1.50. The Morgan fingerprint density at radius 2 is 2.39 bits per heavy atom. The predicted octanol–water partition coefficient (Wildman–Crippen LogP) is 1.18. The fraction of sp³-hybridized carbons (Fsp3) is 0.200. The normalized spacial score (nSPS) is 10.3. The Balaban J connectivity index is 2.24. The number of anilines is 2. The Bertz CT molecular complexity index is 581. The van der Waals surface area contributed by atoms with Crippen LogP contribution >= 0.6 is 11.6 Å². The second kappa shape index (κ2) is 5.01. The van der Waals surface area contributed by atoms with Crippen LogP contribution in [0.3, 0.4) is 0 Å². The van der Waals surface area contributed by atoms with Crippen molar-refractivity contribution >= 4 is 29.1 Å². The minimum absolute atomic E-state index is 0.121. The monoisotopic (exact) mass is 266 g/mol. The van der Waals surface area contributed by atoms with Gasteiger partial charge in [-0.3, -0.25) is 14.8 Å². The minimum atomic E-state index is -0.422. The number of aromatic nitrogens is 4. The van der Waals surface area contributed by atoms with Crippen LogP contribution in [0.4, 0.5) is 11.6 Å². The maximum atomic E-state index is 12.0. The zero-order valence-corrected chi connectivity index (χ0v) is 10.3. The molecule has 0 unspecified atom stereocenters. The van der Waals surface area contributed by atoms with Crippen molar-refractivity contribution in [1.82, 2.24) is 19.7 Å². The second-order valence-electron chi connectivity index (χ2n) is 3.42. The number of carbonyl (C=O) groups is 1. The number of nitrogens with two attached hydrogens (primary N) is 1. The molecule has 0 fully saturated rings. The number of hydrogen-bond donors (Lipinski definition) is 2. The number of amides is 1. The van der Waals surface area contributed by atoms with Crippen LogP contribution in [-0.2, 0) is 6.54 Å². The third-order valence-corrected chi connectivity index (χ3v) is 2.44. The van der Waals surface area contributed by atoms with Crippen LogP contribution in [0.15, 0.2) is 18.5 Å². The van der Waals surface area contributed by atoms with E-state index in [0.29, 0.717) is 12.2 Å². The van der Waals surface area contributed by atoms with E-state index in [9.17, 15) is 4.79 Å². The Kier molecular flexibility index (Phi) is 3.42. The Morgan fingerprint density at radius 1 is 1.61 bits per heavy atom. The summed E-state index contributed by atoms with van der Waals surface area (Å²) in [6.45, 7) is 2.40. The van der Waals surface area contributed by atoms with E-state index >= 15 is 0 Å². The van der Waals surface area contributed by atoms with Crippen molar-refractivity contribution in [2.75, 3.05) is 11.1 Å². The fourth-order valence-electron chi connectivity index (χ4n) is 1.45. The number of nitrogen functional groups attached to an aromatic ring is 1. The van der Waals surface area contributed by atoms with Crippen molar-refractivity contribution in [2.24, 2.45) is 0 Å². The molecule has 0 atom stereocenters. The molecule has 18 heavy (non-hydrogen) atoms. The van der Waals surface area contributed by atoms with E-state index in [-0.39, 0.29) is 16.8 Å². The highest BCUT2D eigenvalue weighted by Crippen LogP contribution is 2.13. The first-order chi connectivity index (χ1) is 8.61. The van der Waals surface area contributed by atoms with Gasteiger partial charge in [-0.15, -0.1) is 0 Å². The smallest absolute Gasteiger partial charge is 0.278 e. The maximum Gasteiger partial charge on any atom is 0.278 e. The van der Waals surface area contributed by atoms with E-state index in [0.717, 1.165) is 0 Å². The third-order valence-electron chi connectivity index (χ3n) is 2.23. The zero-order chi connectivity index (χ0) is 13.1. The first kappa shape index (κ1) is 12.3. The summed E-state index contributed by atoms with van der Waals surface area (Å²) in [6.07, 6.45) is 2.88. The van der Waals surface area contributed by atoms with E-state index < -0.39 is 5.91 Å². The molecule has 7 nitrogen and oxygen atoms in total. The molecule has 0 bridgehead atoms. The largest absolute Gasteiger partial charge is 0.396 e. The molecule has 0 aromatic carbocycles. The summed E-state index contributed by atoms with van der Waals surface area (Å²) >= 11 is 5.70. The van der Waals surface area contributed by atoms with Gasteiger partial charge >= 0.3 is 0 Å². The summed E-state index contributed by atoms with van der Waals surface area (Å²) in [5.74, 6) is -0.301. The SMILES string of the molecule is CCn1ncc(N)c1C(=O)Nc1nccc(Cl)n1. The average molecular weight is 267 g/mol. The van der Waals surface area contributed by atoms with Crippen molar-refractivity contribution in [2.45, 2.75) is 13.5 Å². The Labute approximate surface area is 108 Å². The predicted molar refractivity (Wildman–Crippen MR) is 67.3 cm³/mol. The molecule has 3 N–H and O–H groups in total. The summed E-state index contributed by atoms with van der Waals surface area (Å²) in [5.41, 5.74) is 6.27. The van der Waals surface area contributed by atoms with Gasteiger partial charge in [0, 0.05) is 12.7 Å². The first-order valence-corrected chi connectivity index (χ1v) is 5.60. The van der Waals surface area contributed by atoms with E-state index in [1.165, 1.54) is 23.1 Å². The number of nitrogens with zero attached hydrogens (tertiary/aromatic N) is 4. The van der Waals surface area contributed by atoms with Crippen LogP contribution in [0.2, 0.25) is 5.15 Å². The Morgan fingerprint density at radius 3 is 3.06 bits per heavy atom. The number of nitrogens with one attached hydrogen (secondary N) is 1. The van der Waals surface area contributed by atoms with Crippen LogP contribution in [-0.4, -0.2) is 25.7 Å². The lowest BCUT2D eigenvalue weighted by molar-refractivity contribution is 0.101. The van der Waals surface area contributed by atoms with Crippen molar-refractivity contribution in [3.8, 4) is 0 Å². The van der Waals surface area contributed by atoms with Crippen LogP contribution < -0.4 is 11.1 Å². The van der Waals surface area contributed by atoms with Gasteiger partial charge in [0.2, 0.25) is 5.95 Å². The standard InChI is InChI=1S/C10H11ClN6O/c1-2-17-8(6(12)5-14-17)9(18)16-10-13-4-3-7(11)15-10/h3-5H,2,12H2,1H3,(H,13,15,16,18). The number of rotatable bonds is 3. The molecule has 0 spiro atoms. The van der Waals surface area contributed by atoms with Gasteiger partial charge < -0.3 is 5.73 Å². The van der Waals surface area contributed by atoms with Gasteiger partial charge in [0.05, 0.1) is 11.9 Å². The summed E-state index contributed by atoms with van der Waals surface area (Å²) in [7, 11) is 0. The molecule has 2 aromatic heterocycles. The summed E-state index contributed by atoms with van der Waals surface area (Å²) in [6, 6.07) is 1.52. The highest BCUT2D eigenvalue weighted by atomic mass is 35.5. The van der Waals surface area contributed by atoms with Gasteiger partial charge in [-0.05, 0) is 13.0 Å². The lowest BCUT2D eigenvalue weighted by Crippen LogP contribution is -2.20. The molecule has 2 rings (SSSR count).